The number of urea groups is 1. The molecule has 4 heterocycles. The van der Waals surface area contributed by atoms with E-state index in [-0.39, 0.29) is 18.7 Å². The summed E-state index contributed by atoms with van der Waals surface area (Å²) in [6, 6.07) is 9.55. The van der Waals surface area contributed by atoms with Gasteiger partial charge in [0, 0.05) is 43.7 Å². The van der Waals surface area contributed by atoms with Crippen molar-refractivity contribution in [3.05, 3.63) is 60.2 Å². The van der Waals surface area contributed by atoms with E-state index >= 15 is 0 Å². The summed E-state index contributed by atoms with van der Waals surface area (Å²) in [6.45, 7) is 4.85. The number of carboxylic acids is 3. The fourth-order valence-electron chi connectivity index (χ4n) is 7.82. The number of fused-ring (bicyclic) bond motifs is 4. The lowest BCUT2D eigenvalue weighted by Crippen LogP contribution is -2.53. The van der Waals surface area contributed by atoms with Gasteiger partial charge in [-0.1, -0.05) is 38.5 Å². The highest BCUT2D eigenvalue weighted by atomic mass is 16.4. The van der Waals surface area contributed by atoms with E-state index in [2.05, 4.69) is 73.9 Å². The number of carboxylic acid groups (broad SMARTS) is 3. The Bertz CT molecular complexity index is 1540. The fraction of sp³-hybridized carbons (Fsp3) is 0.615. The third-order valence-corrected chi connectivity index (χ3v) is 10.7. The number of carbonyl (C=O) groups is 5. The zero-order valence-electron chi connectivity index (χ0n) is 30.9. The second-order valence-electron chi connectivity index (χ2n) is 14.6. The highest BCUT2D eigenvalue weighted by molar-refractivity contribution is 5.86. The predicted molar refractivity (Wildman–Crippen MR) is 194 cm³/mol. The number of aliphatic carboxylic acids is 3. The van der Waals surface area contributed by atoms with Crippen LogP contribution >= 0.6 is 0 Å². The maximum Gasteiger partial charge on any atom is 0.326 e. The Hall–Kier alpha value is -4.59. The lowest BCUT2D eigenvalue weighted by atomic mass is 10.1. The van der Waals surface area contributed by atoms with Gasteiger partial charge < -0.3 is 31.3 Å². The van der Waals surface area contributed by atoms with Gasteiger partial charge in [-0.15, -0.1) is 4.57 Å². The molecule has 14 nitrogen and oxygen atoms in total. The summed E-state index contributed by atoms with van der Waals surface area (Å²) in [7, 11) is 0. The molecule has 2 aromatic heterocycles. The second kappa shape index (κ2) is 21.2. The van der Waals surface area contributed by atoms with E-state index in [4.69, 9.17) is 10.2 Å². The maximum absolute atomic E-state index is 12.3. The zero-order chi connectivity index (χ0) is 38.1. The minimum Gasteiger partial charge on any atom is -0.481 e. The molecular formula is C39H59N6O8+3. The number of aryl methyl sites for hydroxylation is 1. The van der Waals surface area contributed by atoms with Crippen molar-refractivity contribution < 1.29 is 52.9 Å². The van der Waals surface area contributed by atoms with E-state index in [1.807, 2.05) is 0 Å². The first-order chi connectivity index (χ1) is 25.6. The molecule has 14 heteroatoms. The summed E-state index contributed by atoms with van der Waals surface area (Å²) in [4.78, 5) is 57.9. The quantitative estimate of drug-likeness (QED) is 0.0530. The van der Waals surface area contributed by atoms with Gasteiger partial charge in [0.25, 0.3) is 6.17 Å². The van der Waals surface area contributed by atoms with Gasteiger partial charge in [0.2, 0.25) is 17.3 Å². The van der Waals surface area contributed by atoms with Crippen LogP contribution in [0.2, 0.25) is 0 Å². The summed E-state index contributed by atoms with van der Waals surface area (Å²) in [5, 5.41) is 34.5. The minimum atomic E-state index is -1.45. The number of hydrogen-bond acceptors (Lipinski definition) is 5. The molecule has 4 unspecified atom stereocenters. The molecule has 2 aliphatic heterocycles. The Labute approximate surface area is 312 Å². The molecule has 0 aromatic carbocycles. The van der Waals surface area contributed by atoms with E-state index in [1.54, 1.807) is 0 Å². The van der Waals surface area contributed by atoms with E-state index < -0.39 is 42.4 Å². The van der Waals surface area contributed by atoms with Crippen molar-refractivity contribution in [3.8, 4) is 0 Å². The van der Waals surface area contributed by atoms with Gasteiger partial charge in [0.05, 0.1) is 6.54 Å². The molecule has 0 fully saturated rings. The lowest BCUT2D eigenvalue weighted by Gasteiger charge is -2.32. The topological polar surface area (TPSA) is 190 Å². The Balaban J connectivity index is 1.01. The zero-order valence-corrected chi connectivity index (χ0v) is 30.9. The third-order valence-electron chi connectivity index (χ3n) is 10.7. The van der Waals surface area contributed by atoms with E-state index in [9.17, 15) is 29.1 Å². The minimum absolute atomic E-state index is 0.0296. The van der Waals surface area contributed by atoms with Crippen LogP contribution in [0.3, 0.4) is 0 Å². The van der Waals surface area contributed by atoms with Crippen LogP contribution in [0, 0.1) is 0 Å². The number of quaternary nitrogens is 1. The van der Waals surface area contributed by atoms with Crippen LogP contribution < -0.4 is 25.1 Å². The van der Waals surface area contributed by atoms with Crippen LogP contribution in [0.1, 0.15) is 120 Å². The molecule has 4 rings (SSSR count). The van der Waals surface area contributed by atoms with Gasteiger partial charge >= 0.3 is 23.9 Å². The second-order valence-corrected chi connectivity index (χ2v) is 14.6. The SMILES string of the molecule is O=C(O)CCC(NC(=O)NC(CCCCNC(=O)CCCCCCCCCCC[N+]12Cc3cccc[n+]3CCC1[n+]1ccccc1C2)C(=O)O)C(=O)O. The number of amides is 3. The molecule has 6 N–H and O–H groups in total. The molecule has 4 atom stereocenters. The summed E-state index contributed by atoms with van der Waals surface area (Å²) in [6.07, 6.45) is 17.2. The normalized spacial score (nSPS) is 18.4. The Kier molecular flexibility index (Phi) is 16.5. The number of pyridine rings is 2. The highest BCUT2D eigenvalue weighted by Gasteiger charge is 2.54. The number of aromatic nitrogens is 2. The van der Waals surface area contributed by atoms with Crippen LogP contribution in [-0.4, -0.2) is 74.8 Å². The van der Waals surface area contributed by atoms with Gasteiger partial charge in [-0.05, 0) is 57.1 Å². The van der Waals surface area contributed by atoms with Crippen molar-refractivity contribution in [2.45, 2.75) is 141 Å². The van der Waals surface area contributed by atoms with Gasteiger partial charge in [-0.3, -0.25) is 9.59 Å². The number of nitrogens with one attached hydrogen (secondary N) is 3. The van der Waals surface area contributed by atoms with Crippen LogP contribution in [0.15, 0.2) is 48.8 Å². The van der Waals surface area contributed by atoms with Crippen molar-refractivity contribution >= 4 is 29.8 Å². The van der Waals surface area contributed by atoms with Crippen molar-refractivity contribution in [2.24, 2.45) is 0 Å². The number of nitrogens with zero attached hydrogens (tertiary/aromatic N) is 3. The number of carbonyl (C=O) groups excluding carboxylic acids is 2. The first-order valence-electron chi connectivity index (χ1n) is 19.4. The molecule has 0 radical (unpaired) electrons. The Morgan fingerprint density at radius 1 is 0.698 bits per heavy atom. The van der Waals surface area contributed by atoms with Crippen molar-refractivity contribution in [2.75, 3.05) is 13.1 Å². The molecule has 53 heavy (non-hydrogen) atoms. The molecule has 0 saturated carbocycles. The number of hydrogen-bond donors (Lipinski definition) is 6. The summed E-state index contributed by atoms with van der Waals surface area (Å²) >= 11 is 0. The van der Waals surface area contributed by atoms with E-state index in [0.717, 1.165) is 49.8 Å². The third kappa shape index (κ3) is 13.1. The molecule has 0 aliphatic carbocycles. The van der Waals surface area contributed by atoms with Gasteiger partial charge in [0.1, 0.15) is 18.5 Å². The van der Waals surface area contributed by atoms with Crippen molar-refractivity contribution in [1.29, 1.82) is 0 Å². The first-order valence-corrected chi connectivity index (χ1v) is 19.4. The smallest absolute Gasteiger partial charge is 0.326 e. The lowest BCUT2D eigenvalue weighted by molar-refractivity contribution is -1.06. The average Bonchev–Trinajstić information content (AvgIpc) is 3.33. The average molecular weight is 740 g/mol. The van der Waals surface area contributed by atoms with Gasteiger partial charge in [-0.25, -0.2) is 18.9 Å². The van der Waals surface area contributed by atoms with Crippen molar-refractivity contribution in [1.82, 2.24) is 16.0 Å². The number of unbranched alkanes of at least 4 members (excludes halogenated alkanes) is 9. The largest absolute Gasteiger partial charge is 0.481 e. The molecular weight excluding hydrogens is 680 g/mol. The molecule has 290 valence electrons. The summed E-state index contributed by atoms with van der Waals surface area (Å²) < 4.78 is 6.12. The standard InChI is InChI=1S/C39H56N6O8/c46-34(40-23-12-9-18-32(37(49)50)41-39(53)42-33(38(51)52)20-21-36(47)48)19-8-6-4-2-1-3-5-7-15-27-45-28-30-16-10-13-24-43(30)26-22-35(45)44-25-14-11-17-31(44)29-45/h10-11,13-14,16-17,24-25,32-33,35H,1-9,12,15,18-23,26-29H2,(H3-3,40,41,42,46,47,48,49,50,51,52,53)/p+3. The summed E-state index contributed by atoms with van der Waals surface area (Å²) in [5.74, 6) is -3.92. The van der Waals surface area contributed by atoms with Crippen LogP contribution in [0.25, 0.3) is 0 Å². The van der Waals surface area contributed by atoms with Crippen LogP contribution in [0.4, 0.5) is 4.79 Å². The van der Waals surface area contributed by atoms with Gasteiger partial charge in [-0.2, -0.15) is 4.57 Å². The fourth-order valence-corrected chi connectivity index (χ4v) is 7.82. The Morgan fingerprint density at radius 3 is 1.98 bits per heavy atom. The van der Waals surface area contributed by atoms with Crippen LogP contribution in [-0.2, 0) is 38.8 Å². The molecule has 2 aliphatic rings. The van der Waals surface area contributed by atoms with Crippen molar-refractivity contribution in [3.63, 3.8) is 0 Å². The molecule has 0 bridgehead atoms. The first kappa shape index (κ1) is 41.2. The van der Waals surface area contributed by atoms with E-state index in [0.29, 0.717) is 32.0 Å². The van der Waals surface area contributed by atoms with E-state index in [1.165, 1.54) is 56.5 Å². The van der Waals surface area contributed by atoms with Crippen LogP contribution in [0.5, 0.6) is 0 Å². The Morgan fingerprint density at radius 2 is 1.30 bits per heavy atom. The molecule has 2 aromatic rings. The van der Waals surface area contributed by atoms with Gasteiger partial charge in [0.15, 0.2) is 32.0 Å². The maximum atomic E-state index is 12.3. The number of rotatable bonds is 24. The molecule has 0 spiro atoms. The summed E-state index contributed by atoms with van der Waals surface area (Å²) in [5.41, 5.74) is 2.89. The highest BCUT2D eigenvalue weighted by Crippen LogP contribution is 2.35. The predicted octanol–water partition coefficient (Wildman–Crippen LogP) is 3.95. The molecule has 0 saturated heterocycles. The molecule has 3 amide bonds. The monoisotopic (exact) mass is 739 g/mol.